The van der Waals surface area contributed by atoms with Crippen LogP contribution >= 0.6 is 0 Å². The number of rotatable bonds is 8. The van der Waals surface area contributed by atoms with Crippen molar-refractivity contribution in [3.63, 3.8) is 0 Å². The second-order valence-corrected chi connectivity index (χ2v) is 2.88. The molecule has 0 aliphatic heterocycles. The summed E-state index contributed by atoms with van der Waals surface area (Å²) in [6, 6.07) is 0. The summed E-state index contributed by atoms with van der Waals surface area (Å²) in [6.07, 6.45) is 2.11. The first-order valence-electron chi connectivity index (χ1n) is 5.01. The summed E-state index contributed by atoms with van der Waals surface area (Å²) < 4.78 is 9.50. The van der Waals surface area contributed by atoms with Gasteiger partial charge < -0.3 is 20.1 Å². The van der Waals surface area contributed by atoms with Gasteiger partial charge in [0.2, 0.25) is 0 Å². The van der Waals surface area contributed by atoms with Crippen LogP contribution in [0.3, 0.4) is 0 Å². The van der Waals surface area contributed by atoms with Crippen molar-refractivity contribution in [1.82, 2.24) is 10.6 Å². The first kappa shape index (κ1) is 14.6. The van der Waals surface area contributed by atoms with Gasteiger partial charge in [0.25, 0.3) is 0 Å². The molecule has 16 heavy (non-hydrogen) atoms. The molecule has 0 bridgehead atoms. The third kappa shape index (κ3) is 9.17. The fourth-order valence-corrected chi connectivity index (χ4v) is 0.740. The summed E-state index contributed by atoms with van der Waals surface area (Å²) in [6.45, 7) is 1.70. The molecule has 0 rings (SSSR count). The van der Waals surface area contributed by atoms with E-state index in [1.807, 2.05) is 0 Å². The molecule has 0 fully saturated rings. The molecule has 92 valence electrons. The molecule has 6 nitrogen and oxygen atoms in total. The Labute approximate surface area is 95.0 Å². The number of carbonyl (C=O) groups is 2. The van der Waals surface area contributed by atoms with E-state index in [2.05, 4.69) is 10.6 Å². The highest BCUT2D eigenvalue weighted by atomic mass is 16.5. The summed E-state index contributed by atoms with van der Waals surface area (Å²) in [4.78, 5) is 22.0. The molecule has 0 atom stereocenters. The van der Waals surface area contributed by atoms with Crippen LogP contribution in [0.4, 0.5) is 0 Å². The van der Waals surface area contributed by atoms with Crippen LogP contribution in [0.5, 0.6) is 0 Å². The van der Waals surface area contributed by atoms with Crippen LogP contribution in [-0.4, -0.2) is 52.3 Å². The van der Waals surface area contributed by atoms with Gasteiger partial charge >= 0.3 is 11.9 Å². The number of nitrogens with one attached hydrogen (secondary N) is 2. The van der Waals surface area contributed by atoms with Crippen LogP contribution in [0, 0.1) is 0 Å². The van der Waals surface area contributed by atoms with Crippen molar-refractivity contribution in [2.24, 2.45) is 0 Å². The largest absolute Gasteiger partial charge is 0.461 e. The van der Waals surface area contributed by atoms with Crippen LogP contribution in [0.1, 0.15) is 0 Å². The maximum Gasteiger partial charge on any atom is 0.331 e. The smallest absolute Gasteiger partial charge is 0.331 e. The lowest BCUT2D eigenvalue weighted by Crippen LogP contribution is -2.17. The first-order valence-corrected chi connectivity index (χ1v) is 5.01. The molecule has 6 heteroatoms. The summed E-state index contributed by atoms with van der Waals surface area (Å²) in [5.41, 5.74) is 0. The highest BCUT2D eigenvalue weighted by Gasteiger charge is 1.99. The van der Waals surface area contributed by atoms with Gasteiger partial charge in [-0.15, -0.1) is 0 Å². The monoisotopic (exact) mass is 230 g/mol. The molecular formula is C10H18N2O4. The fraction of sp³-hybridized carbons (Fsp3) is 0.600. The Bertz CT molecular complexity index is 217. The van der Waals surface area contributed by atoms with Gasteiger partial charge in [-0.25, -0.2) is 9.59 Å². The highest BCUT2D eigenvalue weighted by molar-refractivity contribution is 5.91. The number of likely N-dealkylation sites (N-methyl/N-ethyl adjacent to an activating group) is 2. The number of carbonyl (C=O) groups excluding carboxylic acids is 2. The van der Waals surface area contributed by atoms with Crippen LogP contribution in [0.2, 0.25) is 0 Å². The molecule has 0 aromatic heterocycles. The van der Waals surface area contributed by atoms with Crippen LogP contribution < -0.4 is 10.6 Å². The highest BCUT2D eigenvalue weighted by Crippen LogP contribution is 1.85. The minimum Gasteiger partial charge on any atom is -0.461 e. The van der Waals surface area contributed by atoms with E-state index in [9.17, 15) is 9.59 Å². The normalized spacial score (nSPS) is 10.4. The number of esters is 2. The van der Waals surface area contributed by atoms with E-state index < -0.39 is 11.9 Å². The molecule has 0 aromatic rings. The van der Waals surface area contributed by atoms with Crippen molar-refractivity contribution < 1.29 is 19.1 Å². The molecule has 0 radical (unpaired) electrons. The second kappa shape index (κ2) is 10.1. The molecule has 0 heterocycles. The van der Waals surface area contributed by atoms with Gasteiger partial charge in [0, 0.05) is 25.2 Å². The summed E-state index contributed by atoms with van der Waals surface area (Å²) >= 11 is 0. The van der Waals surface area contributed by atoms with Crippen molar-refractivity contribution in [3.8, 4) is 0 Å². The van der Waals surface area contributed by atoms with Gasteiger partial charge in [-0.2, -0.15) is 0 Å². The van der Waals surface area contributed by atoms with Gasteiger partial charge in [0.1, 0.15) is 13.2 Å². The number of hydrogen-bond donors (Lipinski definition) is 2. The SMILES string of the molecule is CNCCOC(=O)C=CC(=O)OCCNC. The van der Waals surface area contributed by atoms with Crippen molar-refractivity contribution in [3.05, 3.63) is 12.2 Å². The molecule has 0 aliphatic rings. The standard InChI is InChI=1S/C10H18N2O4/c1-11-5-7-15-9(13)3-4-10(14)16-8-6-12-2/h3-4,11-12H,5-8H2,1-2H3. The number of hydrogen-bond acceptors (Lipinski definition) is 6. The lowest BCUT2D eigenvalue weighted by atomic mass is 10.5. The maximum absolute atomic E-state index is 11.0. The Hall–Kier alpha value is -1.40. The summed E-state index contributed by atoms with van der Waals surface area (Å²) in [7, 11) is 3.51. The number of ether oxygens (including phenoxy) is 2. The average molecular weight is 230 g/mol. The lowest BCUT2D eigenvalue weighted by Gasteiger charge is -2.01. The van der Waals surface area contributed by atoms with Gasteiger partial charge in [-0.3, -0.25) is 0 Å². The molecule has 0 amide bonds. The maximum atomic E-state index is 11.0. The van der Waals surface area contributed by atoms with Crippen molar-refractivity contribution >= 4 is 11.9 Å². The quantitative estimate of drug-likeness (QED) is 0.319. The van der Waals surface area contributed by atoms with E-state index in [-0.39, 0.29) is 13.2 Å². The molecular weight excluding hydrogens is 212 g/mol. The fourth-order valence-electron chi connectivity index (χ4n) is 0.740. The molecule has 0 aromatic carbocycles. The molecule has 0 unspecified atom stereocenters. The van der Waals surface area contributed by atoms with Crippen LogP contribution in [-0.2, 0) is 19.1 Å². The minimum absolute atomic E-state index is 0.272. The van der Waals surface area contributed by atoms with Crippen LogP contribution in [0.15, 0.2) is 12.2 Å². The Morgan fingerprint density at radius 3 is 1.62 bits per heavy atom. The summed E-state index contributed by atoms with van der Waals surface area (Å²) in [5, 5.41) is 5.64. The Morgan fingerprint density at radius 2 is 1.31 bits per heavy atom. The predicted molar refractivity (Wildman–Crippen MR) is 58.9 cm³/mol. The zero-order valence-corrected chi connectivity index (χ0v) is 9.62. The summed E-state index contributed by atoms with van der Waals surface area (Å²) in [5.74, 6) is -1.11. The van der Waals surface area contributed by atoms with Gasteiger partial charge in [0.05, 0.1) is 0 Å². The van der Waals surface area contributed by atoms with Gasteiger partial charge in [-0.1, -0.05) is 0 Å². The Morgan fingerprint density at radius 1 is 0.938 bits per heavy atom. The Balaban J connectivity index is 3.63. The lowest BCUT2D eigenvalue weighted by molar-refractivity contribution is -0.140. The first-order chi connectivity index (χ1) is 7.70. The van der Waals surface area contributed by atoms with Crippen molar-refractivity contribution in [1.29, 1.82) is 0 Å². The van der Waals surface area contributed by atoms with E-state index in [1.54, 1.807) is 14.1 Å². The van der Waals surface area contributed by atoms with Gasteiger partial charge in [-0.05, 0) is 14.1 Å². The van der Waals surface area contributed by atoms with E-state index in [0.717, 1.165) is 12.2 Å². The van der Waals surface area contributed by atoms with Crippen LogP contribution in [0.25, 0.3) is 0 Å². The zero-order chi connectivity index (χ0) is 12.2. The van der Waals surface area contributed by atoms with Crippen molar-refractivity contribution in [2.75, 3.05) is 40.4 Å². The van der Waals surface area contributed by atoms with E-state index in [1.165, 1.54) is 0 Å². The van der Waals surface area contributed by atoms with E-state index in [4.69, 9.17) is 9.47 Å². The molecule has 0 saturated heterocycles. The molecule has 2 N–H and O–H groups in total. The third-order valence-electron chi connectivity index (χ3n) is 1.55. The Kier molecular flexibility index (Phi) is 9.24. The molecule has 0 saturated carbocycles. The predicted octanol–water partition coefficient (Wildman–Crippen LogP) is -0.932. The third-order valence-corrected chi connectivity index (χ3v) is 1.55. The second-order valence-electron chi connectivity index (χ2n) is 2.88. The molecule has 0 aliphatic carbocycles. The van der Waals surface area contributed by atoms with Gasteiger partial charge in [0.15, 0.2) is 0 Å². The van der Waals surface area contributed by atoms with E-state index >= 15 is 0 Å². The topological polar surface area (TPSA) is 76.7 Å². The molecule has 0 spiro atoms. The zero-order valence-electron chi connectivity index (χ0n) is 9.62. The van der Waals surface area contributed by atoms with E-state index in [0.29, 0.717) is 13.1 Å². The minimum atomic E-state index is -0.555. The van der Waals surface area contributed by atoms with Crippen molar-refractivity contribution in [2.45, 2.75) is 0 Å². The average Bonchev–Trinajstić information content (AvgIpc) is 2.27.